The van der Waals surface area contributed by atoms with E-state index in [2.05, 4.69) is 66.0 Å². The first kappa shape index (κ1) is 18.1. The molecule has 0 saturated heterocycles. The molecule has 2 nitrogen and oxygen atoms in total. The van der Waals surface area contributed by atoms with Crippen LogP contribution in [0, 0.1) is 0 Å². The van der Waals surface area contributed by atoms with Gasteiger partial charge in [0.1, 0.15) is 5.75 Å². The van der Waals surface area contributed by atoms with Crippen molar-refractivity contribution in [3.8, 4) is 16.9 Å². The minimum absolute atomic E-state index is 0. The molecule has 0 amide bonds. The third kappa shape index (κ3) is 4.85. The summed E-state index contributed by atoms with van der Waals surface area (Å²) >= 11 is 0. The fourth-order valence-corrected chi connectivity index (χ4v) is 2.54. The summed E-state index contributed by atoms with van der Waals surface area (Å²) in [5, 5.41) is 3.47. The molecule has 0 aliphatic rings. The van der Waals surface area contributed by atoms with E-state index < -0.39 is 0 Å². The average molecular weight is 340 g/mol. The van der Waals surface area contributed by atoms with Gasteiger partial charge in [0, 0.05) is 13.1 Å². The molecule has 3 aromatic rings. The fraction of sp³-hybridized carbons (Fsp3) is 0.143. The molecule has 3 heteroatoms. The highest BCUT2D eigenvalue weighted by Gasteiger charge is 1.98. The standard InChI is InChI=1S/C21H21NO.ClH/c1-23-21-13-9-18(10-14-21)16-22-15-17-7-11-20(12-8-17)19-5-3-2-4-6-19;/h2-14,22H,15-16H2,1H3;1H. The van der Waals surface area contributed by atoms with Crippen LogP contribution in [0.4, 0.5) is 0 Å². The van der Waals surface area contributed by atoms with Crippen molar-refractivity contribution in [2.24, 2.45) is 0 Å². The lowest BCUT2D eigenvalue weighted by molar-refractivity contribution is 0.414. The Morgan fingerprint density at radius 1 is 0.667 bits per heavy atom. The van der Waals surface area contributed by atoms with E-state index in [1.807, 2.05) is 18.2 Å². The predicted molar refractivity (Wildman–Crippen MR) is 103 cm³/mol. The van der Waals surface area contributed by atoms with E-state index in [9.17, 15) is 0 Å². The Bertz CT molecular complexity index is 724. The molecule has 3 aromatic carbocycles. The van der Waals surface area contributed by atoms with Gasteiger partial charge in [-0.1, -0.05) is 66.7 Å². The van der Waals surface area contributed by atoms with Crippen LogP contribution in [0.15, 0.2) is 78.9 Å². The van der Waals surface area contributed by atoms with Crippen molar-refractivity contribution in [1.82, 2.24) is 5.32 Å². The molecule has 0 heterocycles. The molecule has 0 atom stereocenters. The molecular weight excluding hydrogens is 318 g/mol. The quantitative estimate of drug-likeness (QED) is 0.676. The van der Waals surface area contributed by atoms with Gasteiger partial charge >= 0.3 is 0 Å². The van der Waals surface area contributed by atoms with Crippen LogP contribution in [-0.2, 0) is 13.1 Å². The summed E-state index contributed by atoms with van der Waals surface area (Å²) in [6.07, 6.45) is 0. The molecular formula is C21H22ClNO. The number of nitrogens with one attached hydrogen (secondary N) is 1. The minimum Gasteiger partial charge on any atom is -0.497 e. The summed E-state index contributed by atoms with van der Waals surface area (Å²) in [5.41, 5.74) is 5.06. The monoisotopic (exact) mass is 339 g/mol. The van der Waals surface area contributed by atoms with Gasteiger partial charge in [0.15, 0.2) is 0 Å². The maximum atomic E-state index is 5.17. The van der Waals surface area contributed by atoms with Gasteiger partial charge < -0.3 is 10.1 Å². The van der Waals surface area contributed by atoms with Crippen LogP contribution in [0.1, 0.15) is 11.1 Å². The Morgan fingerprint density at radius 2 is 1.17 bits per heavy atom. The molecule has 124 valence electrons. The first-order valence-electron chi connectivity index (χ1n) is 7.83. The Labute approximate surface area is 149 Å². The zero-order valence-electron chi connectivity index (χ0n) is 13.7. The highest BCUT2D eigenvalue weighted by atomic mass is 35.5. The molecule has 0 fully saturated rings. The largest absolute Gasteiger partial charge is 0.497 e. The second-order valence-electron chi connectivity index (χ2n) is 5.51. The van der Waals surface area contributed by atoms with E-state index in [4.69, 9.17) is 4.74 Å². The van der Waals surface area contributed by atoms with Gasteiger partial charge in [-0.15, -0.1) is 12.4 Å². The Hall–Kier alpha value is -2.29. The third-order valence-electron chi connectivity index (χ3n) is 3.88. The topological polar surface area (TPSA) is 21.3 Å². The van der Waals surface area contributed by atoms with E-state index in [1.165, 1.54) is 22.3 Å². The summed E-state index contributed by atoms with van der Waals surface area (Å²) < 4.78 is 5.17. The van der Waals surface area contributed by atoms with E-state index in [0.29, 0.717) is 0 Å². The lowest BCUT2D eigenvalue weighted by atomic mass is 10.0. The van der Waals surface area contributed by atoms with E-state index in [1.54, 1.807) is 7.11 Å². The van der Waals surface area contributed by atoms with Crippen LogP contribution in [0.3, 0.4) is 0 Å². The zero-order chi connectivity index (χ0) is 15.9. The van der Waals surface area contributed by atoms with Gasteiger partial charge in [0.05, 0.1) is 7.11 Å². The summed E-state index contributed by atoms with van der Waals surface area (Å²) in [5.74, 6) is 0.894. The second-order valence-corrected chi connectivity index (χ2v) is 5.51. The third-order valence-corrected chi connectivity index (χ3v) is 3.88. The van der Waals surface area contributed by atoms with Gasteiger partial charge in [0.25, 0.3) is 0 Å². The second kappa shape index (κ2) is 9.11. The highest BCUT2D eigenvalue weighted by molar-refractivity contribution is 5.85. The molecule has 3 rings (SSSR count). The molecule has 0 aliphatic heterocycles. The molecule has 0 radical (unpaired) electrons. The SMILES string of the molecule is COc1ccc(CNCc2ccc(-c3ccccc3)cc2)cc1.Cl. The molecule has 0 aromatic heterocycles. The van der Waals surface area contributed by atoms with Gasteiger partial charge in [-0.25, -0.2) is 0 Å². The number of hydrogen-bond acceptors (Lipinski definition) is 2. The number of rotatable bonds is 6. The molecule has 1 N–H and O–H groups in total. The average Bonchev–Trinajstić information content (AvgIpc) is 2.64. The Balaban J connectivity index is 0.00000208. The van der Waals surface area contributed by atoms with Gasteiger partial charge in [-0.05, 0) is 34.4 Å². The Morgan fingerprint density at radius 3 is 1.71 bits per heavy atom. The van der Waals surface area contributed by atoms with Crippen LogP contribution in [-0.4, -0.2) is 7.11 Å². The lowest BCUT2D eigenvalue weighted by Gasteiger charge is -2.07. The van der Waals surface area contributed by atoms with Crippen molar-refractivity contribution in [3.63, 3.8) is 0 Å². The Kier molecular flexibility index (Phi) is 6.86. The molecule has 0 spiro atoms. The highest BCUT2D eigenvalue weighted by Crippen LogP contribution is 2.19. The minimum atomic E-state index is 0. The zero-order valence-corrected chi connectivity index (χ0v) is 14.6. The molecule has 0 bridgehead atoms. The van der Waals surface area contributed by atoms with Crippen molar-refractivity contribution < 1.29 is 4.74 Å². The number of methoxy groups -OCH3 is 1. The van der Waals surface area contributed by atoms with Gasteiger partial charge in [-0.2, -0.15) is 0 Å². The van der Waals surface area contributed by atoms with E-state index >= 15 is 0 Å². The molecule has 0 saturated carbocycles. The maximum Gasteiger partial charge on any atom is 0.118 e. The molecule has 0 unspecified atom stereocenters. The first-order chi connectivity index (χ1) is 11.3. The van der Waals surface area contributed by atoms with Crippen LogP contribution < -0.4 is 10.1 Å². The van der Waals surface area contributed by atoms with Crippen molar-refractivity contribution in [2.75, 3.05) is 7.11 Å². The van der Waals surface area contributed by atoms with Crippen molar-refractivity contribution in [3.05, 3.63) is 90.0 Å². The summed E-state index contributed by atoms with van der Waals surface area (Å²) in [6.45, 7) is 1.71. The number of benzene rings is 3. The van der Waals surface area contributed by atoms with E-state index in [0.717, 1.165) is 18.8 Å². The van der Waals surface area contributed by atoms with Crippen LogP contribution in [0.2, 0.25) is 0 Å². The van der Waals surface area contributed by atoms with Crippen LogP contribution >= 0.6 is 12.4 Å². The summed E-state index contributed by atoms with van der Waals surface area (Å²) in [4.78, 5) is 0. The predicted octanol–water partition coefficient (Wildman–Crippen LogP) is 5.07. The molecule has 24 heavy (non-hydrogen) atoms. The lowest BCUT2D eigenvalue weighted by Crippen LogP contribution is -2.12. The first-order valence-corrected chi connectivity index (χ1v) is 7.83. The molecule has 0 aliphatic carbocycles. The van der Waals surface area contributed by atoms with Gasteiger partial charge in [-0.3, -0.25) is 0 Å². The smallest absolute Gasteiger partial charge is 0.118 e. The van der Waals surface area contributed by atoms with Crippen LogP contribution in [0.5, 0.6) is 5.75 Å². The number of ether oxygens (including phenoxy) is 1. The van der Waals surface area contributed by atoms with Crippen LogP contribution in [0.25, 0.3) is 11.1 Å². The van der Waals surface area contributed by atoms with Crippen molar-refractivity contribution in [2.45, 2.75) is 13.1 Å². The number of halogens is 1. The fourth-order valence-electron chi connectivity index (χ4n) is 2.54. The normalized spacial score (nSPS) is 10.0. The summed E-state index contributed by atoms with van der Waals surface area (Å²) in [7, 11) is 1.69. The van der Waals surface area contributed by atoms with Crippen molar-refractivity contribution >= 4 is 12.4 Å². The maximum absolute atomic E-state index is 5.17. The van der Waals surface area contributed by atoms with Crippen molar-refractivity contribution in [1.29, 1.82) is 0 Å². The van der Waals surface area contributed by atoms with Gasteiger partial charge in [0.2, 0.25) is 0 Å². The number of hydrogen-bond donors (Lipinski definition) is 1. The van der Waals surface area contributed by atoms with E-state index in [-0.39, 0.29) is 12.4 Å². The summed E-state index contributed by atoms with van der Waals surface area (Å²) in [6, 6.07) is 27.3.